The van der Waals surface area contributed by atoms with Crippen LogP contribution >= 0.6 is 0 Å². The number of nitro groups is 1. The Hall–Kier alpha value is -3.23. The topological polar surface area (TPSA) is 102 Å². The fourth-order valence-corrected chi connectivity index (χ4v) is 2.71. The molecule has 25 heavy (non-hydrogen) atoms. The average Bonchev–Trinajstić information content (AvgIpc) is 2.67. The molecule has 0 saturated carbocycles. The Morgan fingerprint density at radius 2 is 1.88 bits per heavy atom. The summed E-state index contributed by atoms with van der Waals surface area (Å²) in [4.78, 5) is 35.3. The smallest absolute Gasteiger partial charge is 0.270 e. The van der Waals surface area contributed by atoms with Crippen LogP contribution < -0.4 is 9.64 Å². The van der Waals surface area contributed by atoms with Gasteiger partial charge in [0.15, 0.2) is 0 Å². The van der Waals surface area contributed by atoms with Crippen molar-refractivity contribution in [3.8, 4) is 5.75 Å². The molecule has 9 heteroatoms. The first-order valence-corrected chi connectivity index (χ1v) is 7.74. The lowest BCUT2D eigenvalue weighted by Crippen LogP contribution is -2.49. The summed E-state index contributed by atoms with van der Waals surface area (Å²) in [5, 5.41) is 11.0. The van der Waals surface area contributed by atoms with Gasteiger partial charge >= 0.3 is 0 Å². The van der Waals surface area contributed by atoms with Gasteiger partial charge in [-0.1, -0.05) is 0 Å². The van der Waals surface area contributed by atoms with Crippen LogP contribution in [0.4, 0.5) is 11.6 Å². The quantitative estimate of drug-likeness (QED) is 0.610. The molecular weight excluding hydrogens is 326 g/mol. The molecule has 130 valence electrons. The van der Waals surface area contributed by atoms with Gasteiger partial charge in [0.2, 0.25) is 5.95 Å². The second-order valence-corrected chi connectivity index (χ2v) is 5.47. The van der Waals surface area contributed by atoms with Gasteiger partial charge in [-0.25, -0.2) is 9.97 Å². The lowest BCUT2D eigenvalue weighted by molar-refractivity contribution is -0.384. The number of piperazine rings is 1. The number of rotatable bonds is 4. The molecule has 0 atom stereocenters. The van der Waals surface area contributed by atoms with Crippen LogP contribution in [0.25, 0.3) is 0 Å². The van der Waals surface area contributed by atoms with E-state index in [1.165, 1.54) is 25.3 Å². The van der Waals surface area contributed by atoms with Gasteiger partial charge in [0.25, 0.3) is 11.6 Å². The van der Waals surface area contributed by atoms with Gasteiger partial charge in [0.05, 0.1) is 17.6 Å². The summed E-state index contributed by atoms with van der Waals surface area (Å²) in [6, 6.07) is 5.77. The highest BCUT2D eigenvalue weighted by atomic mass is 16.6. The van der Waals surface area contributed by atoms with E-state index >= 15 is 0 Å². The van der Waals surface area contributed by atoms with E-state index in [0.29, 0.717) is 37.9 Å². The molecule has 1 fully saturated rings. The fraction of sp³-hybridized carbons (Fsp3) is 0.312. The van der Waals surface area contributed by atoms with Crippen molar-refractivity contribution in [2.45, 2.75) is 0 Å². The van der Waals surface area contributed by atoms with Crippen LogP contribution in [-0.2, 0) is 0 Å². The summed E-state index contributed by atoms with van der Waals surface area (Å²) in [7, 11) is 1.43. The number of amides is 1. The average molecular weight is 343 g/mol. The Morgan fingerprint density at radius 1 is 1.20 bits per heavy atom. The number of carbonyl (C=O) groups is 1. The largest absolute Gasteiger partial charge is 0.496 e. The van der Waals surface area contributed by atoms with Gasteiger partial charge in [-0.15, -0.1) is 0 Å². The van der Waals surface area contributed by atoms with Crippen molar-refractivity contribution in [3.63, 3.8) is 0 Å². The Morgan fingerprint density at radius 3 is 2.48 bits per heavy atom. The summed E-state index contributed by atoms with van der Waals surface area (Å²) in [5.74, 6) is 0.668. The zero-order chi connectivity index (χ0) is 17.8. The molecule has 1 aliphatic heterocycles. The van der Waals surface area contributed by atoms with Gasteiger partial charge in [0, 0.05) is 50.7 Å². The molecule has 0 N–H and O–H groups in total. The van der Waals surface area contributed by atoms with Crippen LogP contribution in [0.2, 0.25) is 0 Å². The van der Waals surface area contributed by atoms with Crippen molar-refractivity contribution in [2.75, 3.05) is 38.2 Å². The number of anilines is 1. The fourth-order valence-electron chi connectivity index (χ4n) is 2.71. The van der Waals surface area contributed by atoms with Crippen LogP contribution in [0.1, 0.15) is 10.4 Å². The number of aromatic nitrogens is 2. The predicted octanol–water partition coefficient (Wildman–Crippen LogP) is 1.36. The monoisotopic (exact) mass is 343 g/mol. The van der Waals surface area contributed by atoms with E-state index in [0.717, 1.165) is 0 Å². The summed E-state index contributed by atoms with van der Waals surface area (Å²) in [6.07, 6.45) is 3.35. The molecule has 0 radical (unpaired) electrons. The molecule has 9 nitrogen and oxygen atoms in total. The number of methoxy groups -OCH3 is 1. The molecule has 1 amide bonds. The van der Waals surface area contributed by atoms with Crippen molar-refractivity contribution >= 4 is 17.5 Å². The second kappa shape index (κ2) is 7.12. The van der Waals surface area contributed by atoms with E-state index in [9.17, 15) is 14.9 Å². The SMILES string of the molecule is COc1ccc([N+](=O)[O-])cc1C(=O)N1CCN(c2ncccn2)CC1. The van der Waals surface area contributed by atoms with Crippen LogP contribution in [0.3, 0.4) is 0 Å². The van der Waals surface area contributed by atoms with Gasteiger partial charge in [-0.3, -0.25) is 14.9 Å². The zero-order valence-corrected chi connectivity index (χ0v) is 13.7. The highest BCUT2D eigenvalue weighted by Gasteiger charge is 2.26. The van der Waals surface area contributed by atoms with E-state index in [4.69, 9.17) is 4.74 Å². The van der Waals surface area contributed by atoms with Gasteiger partial charge < -0.3 is 14.5 Å². The number of hydrogen-bond donors (Lipinski definition) is 0. The number of ether oxygens (including phenoxy) is 1. The Balaban J connectivity index is 1.74. The first-order valence-electron chi connectivity index (χ1n) is 7.74. The maximum Gasteiger partial charge on any atom is 0.270 e. The van der Waals surface area contributed by atoms with E-state index in [1.54, 1.807) is 23.4 Å². The number of nitrogens with zero attached hydrogens (tertiary/aromatic N) is 5. The Bertz CT molecular complexity index is 775. The minimum Gasteiger partial charge on any atom is -0.496 e. The molecule has 1 aromatic carbocycles. The molecular formula is C16H17N5O4. The van der Waals surface area contributed by atoms with E-state index in [1.807, 2.05) is 4.90 Å². The van der Waals surface area contributed by atoms with Crippen molar-refractivity contribution in [3.05, 3.63) is 52.3 Å². The second-order valence-electron chi connectivity index (χ2n) is 5.47. The van der Waals surface area contributed by atoms with Gasteiger partial charge in [-0.05, 0) is 12.1 Å². The molecule has 0 unspecified atom stereocenters. The highest BCUT2D eigenvalue weighted by molar-refractivity contribution is 5.97. The molecule has 1 saturated heterocycles. The minimum absolute atomic E-state index is 0.138. The molecule has 2 aromatic rings. The van der Waals surface area contributed by atoms with E-state index < -0.39 is 4.92 Å². The molecule has 2 heterocycles. The van der Waals surface area contributed by atoms with Crippen LogP contribution in [0.5, 0.6) is 5.75 Å². The van der Waals surface area contributed by atoms with E-state index in [-0.39, 0.29) is 17.2 Å². The van der Waals surface area contributed by atoms with Crippen LogP contribution in [0, 0.1) is 10.1 Å². The van der Waals surface area contributed by atoms with E-state index in [2.05, 4.69) is 9.97 Å². The highest BCUT2D eigenvalue weighted by Crippen LogP contribution is 2.26. The number of carbonyl (C=O) groups excluding carboxylic acids is 1. The third-order valence-corrected chi connectivity index (χ3v) is 4.03. The van der Waals surface area contributed by atoms with Crippen LogP contribution in [-0.4, -0.2) is 59.0 Å². The van der Waals surface area contributed by atoms with Crippen molar-refractivity contribution in [2.24, 2.45) is 0 Å². The first kappa shape index (κ1) is 16.6. The number of nitro benzene ring substituents is 1. The zero-order valence-electron chi connectivity index (χ0n) is 13.7. The lowest BCUT2D eigenvalue weighted by Gasteiger charge is -2.34. The Kier molecular flexibility index (Phi) is 4.73. The minimum atomic E-state index is -0.527. The normalized spacial score (nSPS) is 14.3. The predicted molar refractivity (Wildman–Crippen MR) is 89.8 cm³/mol. The van der Waals surface area contributed by atoms with Crippen LogP contribution in [0.15, 0.2) is 36.7 Å². The molecule has 0 aliphatic carbocycles. The summed E-state index contributed by atoms with van der Waals surface area (Å²) in [5.41, 5.74) is 0.0570. The molecule has 0 spiro atoms. The third-order valence-electron chi connectivity index (χ3n) is 4.03. The molecule has 1 aromatic heterocycles. The maximum absolute atomic E-state index is 12.8. The Labute approximate surface area is 144 Å². The summed E-state index contributed by atoms with van der Waals surface area (Å²) >= 11 is 0. The van der Waals surface area contributed by atoms with Gasteiger partial charge in [0.1, 0.15) is 5.75 Å². The molecule has 3 rings (SSSR count). The summed E-state index contributed by atoms with van der Waals surface area (Å²) in [6.45, 7) is 2.13. The van der Waals surface area contributed by atoms with Crippen molar-refractivity contribution in [1.82, 2.24) is 14.9 Å². The lowest BCUT2D eigenvalue weighted by atomic mass is 10.1. The summed E-state index contributed by atoms with van der Waals surface area (Å²) < 4.78 is 5.18. The first-order chi connectivity index (χ1) is 12.1. The van der Waals surface area contributed by atoms with Gasteiger partial charge in [-0.2, -0.15) is 0 Å². The number of hydrogen-bond acceptors (Lipinski definition) is 7. The third kappa shape index (κ3) is 3.49. The maximum atomic E-state index is 12.8. The number of non-ortho nitro benzene ring substituents is 1. The molecule has 1 aliphatic rings. The van der Waals surface area contributed by atoms with Crippen molar-refractivity contribution in [1.29, 1.82) is 0 Å². The molecule has 0 bridgehead atoms. The van der Waals surface area contributed by atoms with Crippen molar-refractivity contribution < 1.29 is 14.5 Å². The number of benzene rings is 1. The standard InChI is InChI=1S/C16H17N5O4/c1-25-14-4-3-12(21(23)24)11-13(14)15(22)19-7-9-20(10-8-19)16-17-5-2-6-18-16/h2-6,11H,7-10H2,1H3.